The summed E-state index contributed by atoms with van der Waals surface area (Å²) in [7, 11) is 0. The van der Waals surface area contributed by atoms with Gasteiger partial charge in [0.05, 0.1) is 6.42 Å². The summed E-state index contributed by atoms with van der Waals surface area (Å²) in [5, 5.41) is 3.07. The summed E-state index contributed by atoms with van der Waals surface area (Å²) in [5.41, 5.74) is 4.08. The van der Waals surface area contributed by atoms with Gasteiger partial charge in [0.1, 0.15) is 6.04 Å². The van der Waals surface area contributed by atoms with Gasteiger partial charge in [0.2, 0.25) is 11.8 Å². The summed E-state index contributed by atoms with van der Waals surface area (Å²) in [6, 6.07) is 25.2. The summed E-state index contributed by atoms with van der Waals surface area (Å²) >= 11 is 3.48. The van der Waals surface area contributed by atoms with Crippen molar-refractivity contribution in [1.29, 1.82) is 0 Å². The fourth-order valence-electron chi connectivity index (χ4n) is 3.94. The maximum atomic E-state index is 13.7. The van der Waals surface area contributed by atoms with Crippen LogP contribution in [0.5, 0.6) is 0 Å². The van der Waals surface area contributed by atoms with Crippen LogP contribution in [0.1, 0.15) is 42.0 Å². The van der Waals surface area contributed by atoms with Crippen molar-refractivity contribution in [3.63, 3.8) is 0 Å². The molecule has 0 aliphatic carbocycles. The quantitative estimate of drug-likeness (QED) is 0.322. The predicted molar refractivity (Wildman–Crippen MR) is 141 cm³/mol. The number of carbonyl (C=O) groups excluding carboxylic acids is 2. The standard InChI is InChI=1S/C29H33BrN2O2/c1-3-4-17-31-29(34)27(19-23-10-6-5-7-11-23)32(21-24-13-15-26(30)16-14-24)28(33)20-25-12-8-9-22(2)18-25/h5-16,18,27H,3-4,17,19-21H2,1-2H3,(H,31,34). The second-order valence-corrected chi connectivity index (χ2v) is 9.58. The lowest BCUT2D eigenvalue weighted by Crippen LogP contribution is -2.51. The van der Waals surface area contributed by atoms with Crippen LogP contribution >= 0.6 is 15.9 Å². The van der Waals surface area contributed by atoms with Gasteiger partial charge in [0, 0.05) is 24.0 Å². The number of hydrogen-bond acceptors (Lipinski definition) is 2. The average Bonchev–Trinajstić information content (AvgIpc) is 2.83. The maximum absolute atomic E-state index is 13.7. The van der Waals surface area contributed by atoms with Crippen molar-refractivity contribution in [2.24, 2.45) is 0 Å². The van der Waals surface area contributed by atoms with Crippen LogP contribution in [0.2, 0.25) is 0 Å². The molecule has 3 rings (SSSR count). The summed E-state index contributed by atoms with van der Waals surface area (Å²) in [6.45, 7) is 5.10. The molecule has 34 heavy (non-hydrogen) atoms. The molecule has 3 aromatic rings. The second-order valence-electron chi connectivity index (χ2n) is 8.66. The van der Waals surface area contributed by atoms with E-state index in [4.69, 9.17) is 0 Å². The lowest BCUT2D eigenvalue weighted by Gasteiger charge is -2.32. The molecular weight excluding hydrogens is 488 g/mol. The average molecular weight is 521 g/mol. The van der Waals surface area contributed by atoms with Crippen molar-refractivity contribution in [3.8, 4) is 0 Å². The van der Waals surface area contributed by atoms with Crippen molar-refractivity contribution in [3.05, 3.63) is 106 Å². The molecule has 0 radical (unpaired) electrons. The van der Waals surface area contributed by atoms with Gasteiger partial charge in [-0.3, -0.25) is 9.59 Å². The highest BCUT2D eigenvalue weighted by atomic mass is 79.9. The Bertz CT molecular complexity index is 1070. The molecule has 0 saturated heterocycles. The molecule has 2 amide bonds. The van der Waals surface area contributed by atoms with E-state index in [0.29, 0.717) is 19.5 Å². The smallest absolute Gasteiger partial charge is 0.243 e. The Morgan fingerprint density at radius 3 is 2.29 bits per heavy atom. The number of unbranched alkanes of at least 4 members (excludes halogenated alkanes) is 1. The molecule has 1 atom stereocenters. The molecule has 178 valence electrons. The van der Waals surface area contributed by atoms with Crippen LogP contribution in [0.15, 0.2) is 83.3 Å². The van der Waals surface area contributed by atoms with E-state index in [-0.39, 0.29) is 18.2 Å². The Balaban J connectivity index is 1.93. The lowest BCUT2D eigenvalue weighted by atomic mass is 10.0. The van der Waals surface area contributed by atoms with E-state index in [0.717, 1.165) is 39.6 Å². The van der Waals surface area contributed by atoms with Gasteiger partial charge in [-0.05, 0) is 42.2 Å². The molecule has 4 nitrogen and oxygen atoms in total. The van der Waals surface area contributed by atoms with Crippen molar-refractivity contribution >= 4 is 27.7 Å². The number of halogens is 1. The molecule has 0 spiro atoms. The number of rotatable bonds is 11. The van der Waals surface area contributed by atoms with Gasteiger partial charge in [0.25, 0.3) is 0 Å². The van der Waals surface area contributed by atoms with E-state index in [2.05, 4.69) is 28.2 Å². The molecule has 0 aromatic heterocycles. The van der Waals surface area contributed by atoms with E-state index in [1.54, 1.807) is 4.90 Å². The molecule has 0 heterocycles. The number of nitrogens with zero attached hydrogens (tertiary/aromatic N) is 1. The third-order valence-corrected chi connectivity index (χ3v) is 6.33. The Kier molecular flexibility index (Phi) is 9.89. The highest BCUT2D eigenvalue weighted by molar-refractivity contribution is 9.10. The molecule has 3 aromatic carbocycles. The van der Waals surface area contributed by atoms with E-state index in [1.165, 1.54) is 0 Å². The molecule has 0 saturated carbocycles. The third-order valence-electron chi connectivity index (χ3n) is 5.80. The molecule has 0 bridgehead atoms. The summed E-state index contributed by atoms with van der Waals surface area (Å²) in [4.78, 5) is 28.9. The number of benzene rings is 3. The highest BCUT2D eigenvalue weighted by Gasteiger charge is 2.30. The van der Waals surface area contributed by atoms with Gasteiger partial charge in [-0.15, -0.1) is 0 Å². The van der Waals surface area contributed by atoms with Gasteiger partial charge in [-0.1, -0.05) is 102 Å². The zero-order chi connectivity index (χ0) is 24.3. The molecule has 1 N–H and O–H groups in total. The number of carbonyl (C=O) groups is 2. The molecule has 5 heteroatoms. The monoisotopic (exact) mass is 520 g/mol. The fraction of sp³-hybridized carbons (Fsp3) is 0.310. The highest BCUT2D eigenvalue weighted by Crippen LogP contribution is 2.18. The van der Waals surface area contributed by atoms with Gasteiger partial charge in [-0.25, -0.2) is 0 Å². The van der Waals surface area contributed by atoms with E-state index in [9.17, 15) is 9.59 Å². The van der Waals surface area contributed by atoms with Crippen LogP contribution in [-0.2, 0) is 29.0 Å². The van der Waals surface area contributed by atoms with Crippen LogP contribution in [0.3, 0.4) is 0 Å². The van der Waals surface area contributed by atoms with Crippen molar-refractivity contribution in [1.82, 2.24) is 10.2 Å². The topological polar surface area (TPSA) is 49.4 Å². The molecule has 0 fully saturated rings. The first-order chi connectivity index (χ1) is 16.5. The normalized spacial score (nSPS) is 11.6. The van der Waals surface area contributed by atoms with Gasteiger partial charge in [0.15, 0.2) is 0 Å². The predicted octanol–water partition coefficient (Wildman–Crippen LogP) is 5.86. The molecule has 0 aliphatic heterocycles. The minimum atomic E-state index is -0.597. The van der Waals surface area contributed by atoms with Crippen LogP contribution in [0.4, 0.5) is 0 Å². The Morgan fingerprint density at radius 2 is 1.62 bits per heavy atom. The fourth-order valence-corrected chi connectivity index (χ4v) is 4.21. The number of hydrogen-bond donors (Lipinski definition) is 1. The van der Waals surface area contributed by atoms with Gasteiger partial charge >= 0.3 is 0 Å². The number of nitrogens with one attached hydrogen (secondary N) is 1. The summed E-state index contributed by atoms with van der Waals surface area (Å²) in [5.74, 6) is -0.160. The first kappa shape index (κ1) is 25.7. The maximum Gasteiger partial charge on any atom is 0.243 e. The minimum absolute atomic E-state index is 0.0555. The van der Waals surface area contributed by atoms with E-state index < -0.39 is 6.04 Å². The Labute approximate surface area is 211 Å². The molecule has 0 aliphatic rings. The Morgan fingerprint density at radius 1 is 0.912 bits per heavy atom. The van der Waals surface area contributed by atoms with Crippen molar-refractivity contribution in [2.75, 3.05) is 6.54 Å². The largest absolute Gasteiger partial charge is 0.354 e. The van der Waals surface area contributed by atoms with Crippen LogP contribution in [0, 0.1) is 6.92 Å². The number of aryl methyl sites for hydroxylation is 1. The zero-order valence-corrected chi connectivity index (χ0v) is 21.6. The van der Waals surface area contributed by atoms with Gasteiger partial charge in [-0.2, -0.15) is 0 Å². The van der Waals surface area contributed by atoms with E-state index in [1.807, 2.05) is 85.8 Å². The van der Waals surface area contributed by atoms with Gasteiger partial charge < -0.3 is 10.2 Å². The summed E-state index contributed by atoms with van der Waals surface area (Å²) < 4.78 is 0.979. The lowest BCUT2D eigenvalue weighted by molar-refractivity contribution is -0.140. The first-order valence-electron chi connectivity index (χ1n) is 11.9. The van der Waals surface area contributed by atoms with Crippen LogP contribution in [-0.4, -0.2) is 29.3 Å². The van der Waals surface area contributed by atoms with Crippen LogP contribution < -0.4 is 5.32 Å². The van der Waals surface area contributed by atoms with Crippen molar-refractivity contribution in [2.45, 2.75) is 52.1 Å². The second kappa shape index (κ2) is 13.1. The number of amides is 2. The third kappa shape index (κ3) is 7.84. The zero-order valence-electron chi connectivity index (χ0n) is 20.0. The summed E-state index contributed by atoms with van der Waals surface area (Å²) in [6.07, 6.45) is 2.63. The molecular formula is C29H33BrN2O2. The minimum Gasteiger partial charge on any atom is -0.354 e. The van der Waals surface area contributed by atoms with Crippen molar-refractivity contribution < 1.29 is 9.59 Å². The molecule has 1 unspecified atom stereocenters. The van der Waals surface area contributed by atoms with E-state index >= 15 is 0 Å². The first-order valence-corrected chi connectivity index (χ1v) is 12.7. The Hall–Kier alpha value is -2.92. The van der Waals surface area contributed by atoms with Crippen LogP contribution in [0.25, 0.3) is 0 Å². The SMILES string of the molecule is CCCCNC(=O)C(Cc1ccccc1)N(Cc1ccc(Br)cc1)C(=O)Cc1cccc(C)c1.